The van der Waals surface area contributed by atoms with Crippen molar-refractivity contribution in [3.63, 3.8) is 0 Å². The van der Waals surface area contributed by atoms with Gasteiger partial charge in [-0.15, -0.1) is 10.2 Å². The van der Waals surface area contributed by atoms with Crippen LogP contribution >= 0.6 is 11.8 Å². The van der Waals surface area contributed by atoms with Crippen molar-refractivity contribution in [2.75, 3.05) is 12.9 Å². The molecule has 0 bridgehead atoms. The maximum atomic E-state index is 12.5. The zero-order valence-electron chi connectivity index (χ0n) is 17.1. The van der Waals surface area contributed by atoms with Crippen molar-refractivity contribution in [2.24, 2.45) is 0 Å². The van der Waals surface area contributed by atoms with Crippen molar-refractivity contribution in [2.45, 2.75) is 11.7 Å². The number of benzene rings is 3. The summed E-state index contributed by atoms with van der Waals surface area (Å²) in [6.45, 7) is 0.407. The van der Waals surface area contributed by atoms with E-state index in [0.717, 1.165) is 28.4 Å². The second-order valence-corrected chi connectivity index (χ2v) is 7.66. The molecule has 0 aliphatic rings. The van der Waals surface area contributed by atoms with Crippen molar-refractivity contribution in [3.05, 3.63) is 90.5 Å². The molecule has 0 unspecified atom stereocenters. The Hall–Kier alpha value is -3.58. The average Bonchev–Trinajstić information content (AvgIpc) is 3.26. The number of hydrogen-bond acceptors (Lipinski definition) is 5. The minimum atomic E-state index is -0.0835. The van der Waals surface area contributed by atoms with Crippen molar-refractivity contribution >= 4 is 17.7 Å². The number of aromatic nitrogens is 3. The zero-order chi connectivity index (χ0) is 21.5. The quantitative estimate of drug-likeness (QED) is 0.421. The van der Waals surface area contributed by atoms with Crippen LogP contribution in [-0.2, 0) is 11.3 Å². The van der Waals surface area contributed by atoms with E-state index in [0.29, 0.717) is 11.7 Å². The highest BCUT2D eigenvalue weighted by Crippen LogP contribution is 2.27. The predicted molar refractivity (Wildman–Crippen MR) is 122 cm³/mol. The van der Waals surface area contributed by atoms with Crippen LogP contribution in [0.3, 0.4) is 0 Å². The number of ether oxygens (including phenoxy) is 1. The van der Waals surface area contributed by atoms with Gasteiger partial charge in [-0.1, -0.05) is 78.5 Å². The van der Waals surface area contributed by atoms with Crippen LogP contribution in [0.25, 0.3) is 17.1 Å². The van der Waals surface area contributed by atoms with E-state index in [2.05, 4.69) is 15.5 Å². The fourth-order valence-corrected chi connectivity index (χ4v) is 3.95. The molecular weight excluding hydrogens is 408 g/mol. The first-order valence-electron chi connectivity index (χ1n) is 9.84. The highest BCUT2D eigenvalue weighted by Gasteiger charge is 2.17. The summed E-state index contributed by atoms with van der Waals surface area (Å²) >= 11 is 1.36. The SMILES string of the molecule is COc1ccccc1CNC(=O)CSc1nnc(-c2ccccc2)n1-c1ccccc1. The summed E-state index contributed by atoms with van der Waals surface area (Å²) in [5.74, 6) is 1.64. The smallest absolute Gasteiger partial charge is 0.230 e. The van der Waals surface area contributed by atoms with E-state index in [4.69, 9.17) is 4.74 Å². The molecule has 6 nitrogen and oxygen atoms in total. The molecule has 0 fully saturated rings. The molecular formula is C24H22N4O2S. The van der Waals surface area contributed by atoms with Crippen LogP contribution in [0.5, 0.6) is 5.75 Å². The summed E-state index contributed by atoms with van der Waals surface area (Å²) in [7, 11) is 1.62. The van der Waals surface area contributed by atoms with E-state index in [1.165, 1.54) is 11.8 Å². The third kappa shape index (κ3) is 4.95. The highest BCUT2D eigenvalue weighted by molar-refractivity contribution is 7.99. The van der Waals surface area contributed by atoms with Crippen LogP contribution in [0.1, 0.15) is 5.56 Å². The molecule has 1 aromatic heterocycles. The molecule has 1 heterocycles. The summed E-state index contributed by atoms with van der Waals surface area (Å²) < 4.78 is 7.32. The van der Waals surface area contributed by atoms with Gasteiger partial charge in [-0.05, 0) is 18.2 Å². The Balaban J connectivity index is 1.50. The number of hydrogen-bond donors (Lipinski definition) is 1. The lowest BCUT2D eigenvalue weighted by Gasteiger charge is -2.11. The lowest BCUT2D eigenvalue weighted by molar-refractivity contribution is -0.118. The fraction of sp³-hybridized carbons (Fsp3) is 0.125. The molecule has 0 saturated carbocycles. The first-order valence-corrected chi connectivity index (χ1v) is 10.8. The summed E-state index contributed by atoms with van der Waals surface area (Å²) in [6.07, 6.45) is 0. The fourth-order valence-electron chi connectivity index (χ4n) is 3.17. The standard InChI is InChI=1S/C24H22N4O2S/c1-30-21-15-9-8-12-19(21)16-25-22(29)17-31-24-27-26-23(18-10-4-2-5-11-18)28(24)20-13-6-3-7-14-20/h2-15H,16-17H2,1H3,(H,25,29). The maximum Gasteiger partial charge on any atom is 0.230 e. The molecule has 1 amide bonds. The van der Waals surface area contributed by atoms with Gasteiger partial charge in [0.1, 0.15) is 5.75 Å². The number of rotatable bonds is 8. The molecule has 0 aliphatic heterocycles. The molecule has 0 radical (unpaired) electrons. The van der Waals surface area contributed by atoms with Crippen LogP contribution in [-0.4, -0.2) is 33.5 Å². The van der Waals surface area contributed by atoms with Crippen LogP contribution in [0.2, 0.25) is 0 Å². The lowest BCUT2D eigenvalue weighted by Crippen LogP contribution is -2.25. The van der Waals surface area contributed by atoms with Gasteiger partial charge in [0, 0.05) is 23.4 Å². The number of thioether (sulfide) groups is 1. The van der Waals surface area contributed by atoms with Gasteiger partial charge in [0.15, 0.2) is 11.0 Å². The predicted octanol–water partition coefficient (Wildman–Crippen LogP) is 4.35. The largest absolute Gasteiger partial charge is 0.496 e. The molecule has 1 N–H and O–H groups in total. The lowest BCUT2D eigenvalue weighted by atomic mass is 10.2. The Bertz CT molecular complexity index is 1150. The first-order chi connectivity index (χ1) is 15.3. The van der Waals surface area contributed by atoms with E-state index >= 15 is 0 Å². The van der Waals surface area contributed by atoms with E-state index in [1.807, 2.05) is 89.5 Å². The molecule has 0 spiro atoms. The van der Waals surface area contributed by atoms with Crippen molar-refractivity contribution in [1.29, 1.82) is 0 Å². The minimum absolute atomic E-state index is 0.0835. The molecule has 156 valence electrons. The molecule has 7 heteroatoms. The normalized spacial score (nSPS) is 10.6. The topological polar surface area (TPSA) is 69.0 Å². The molecule has 0 atom stereocenters. The van der Waals surface area contributed by atoms with Gasteiger partial charge in [0.2, 0.25) is 5.91 Å². The third-order valence-electron chi connectivity index (χ3n) is 4.68. The first kappa shape index (κ1) is 20.7. The Labute approximate surface area is 185 Å². The van der Waals surface area contributed by atoms with Crippen LogP contribution in [0.4, 0.5) is 0 Å². The van der Waals surface area contributed by atoms with E-state index in [9.17, 15) is 4.79 Å². The summed E-state index contributed by atoms with van der Waals surface area (Å²) in [4.78, 5) is 12.5. The second kappa shape index (κ2) is 9.95. The molecule has 4 aromatic rings. The van der Waals surface area contributed by atoms with Crippen molar-refractivity contribution in [3.8, 4) is 22.8 Å². The summed E-state index contributed by atoms with van der Waals surface area (Å²) in [6, 6.07) is 27.5. The second-order valence-electron chi connectivity index (χ2n) is 6.72. The number of para-hydroxylation sites is 2. The minimum Gasteiger partial charge on any atom is -0.496 e. The highest BCUT2D eigenvalue weighted by atomic mass is 32.2. The van der Waals surface area contributed by atoms with E-state index in [-0.39, 0.29) is 11.7 Å². The van der Waals surface area contributed by atoms with Gasteiger partial charge < -0.3 is 10.1 Å². The van der Waals surface area contributed by atoms with Gasteiger partial charge in [0.05, 0.1) is 12.9 Å². The molecule has 31 heavy (non-hydrogen) atoms. The number of carbonyl (C=O) groups is 1. The monoisotopic (exact) mass is 430 g/mol. The zero-order valence-corrected chi connectivity index (χ0v) is 17.9. The van der Waals surface area contributed by atoms with E-state index in [1.54, 1.807) is 7.11 Å². The summed E-state index contributed by atoms with van der Waals surface area (Å²) in [5.41, 5.74) is 2.84. The number of carbonyl (C=O) groups excluding carboxylic acids is 1. The van der Waals surface area contributed by atoms with Gasteiger partial charge in [-0.25, -0.2) is 0 Å². The Morgan fingerprint density at radius 2 is 1.61 bits per heavy atom. The Morgan fingerprint density at radius 1 is 0.935 bits per heavy atom. The molecule has 3 aromatic carbocycles. The van der Waals surface area contributed by atoms with Crippen molar-refractivity contribution in [1.82, 2.24) is 20.1 Å². The van der Waals surface area contributed by atoms with E-state index < -0.39 is 0 Å². The van der Waals surface area contributed by atoms with Crippen LogP contribution in [0, 0.1) is 0 Å². The van der Waals surface area contributed by atoms with Gasteiger partial charge in [0.25, 0.3) is 0 Å². The maximum absolute atomic E-state index is 12.5. The average molecular weight is 431 g/mol. The van der Waals surface area contributed by atoms with Gasteiger partial charge in [-0.3, -0.25) is 9.36 Å². The summed E-state index contributed by atoms with van der Waals surface area (Å²) in [5, 5.41) is 12.4. The number of methoxy groups -OCH3 is 1. The Morgan fingerprint density at radius 3 is 2.35 bits per heavy atom. The van der Waals surface area contributed by atoms with Gasteiger partial charge in [-0.2, -0.15) is 0 Å². The molecule has 0 saturated heterocycles. The van der Waals surface area contributed by atoms with Crippen molar-refractivity contribution < 1.29 is 9.53 Å². The van der Waals surface area contributed by atoms with Gasteiger partial charge >= 0.3 is 0 Å². The number of nitrogens with one attached hydrogen (secondary N) is 1. The third-order valence-corrected chi connectivity index (χ3v) is 5.61. The number of nitrogens with zero attached hydrogens (tertiary/aromatic N) is 3. The number of amides is 1. The van der Waals surface area contributed by atoms with Crippen LogP contribution in [0.15, 0.2) is 90.1 Å². The van der Waals surface area contributed by atoms with Crippen LogP contribution < -0.4 is 10.1 Å². The Kier molecular flexibility index (Phi) is 6.64. The molecule has 0 aliphatic carbocycles. The molecule has 4 rings (SSSR count).